The maximum Gasteiger partial charge on any atom is 0.319 e. The van der Waals surface area contributed by atoms with Crippen LogP contribution in [0.5, 0.6) is 0 Å². The quantitative estimate of drug-likeness (QED) is 0.847. The van der Waals surface area contributed by atoms with Crippen LogP contribution in [-0.2, 0) is 0 Å². The maximum absolute atomic E-state index is 11.8. The Morgan fingerprint density at radius 1 is 1.47 bits per heavy atom. The van der Waals surface area contributed by atoms with Crippen LogP contribution in [0.1, 0.15) is 12.8 Å². The van der Waals surface area contributed by atoms with Crippen LogP contribution in [0, 0.1) is 0 Å². The van der Waals surface area contributed by atoms with Gasteiger partial charge in [0.15, 0.2) is 5.15 Å². The molecular weight excluding hydrogens is 264 g/mol. The van der Waals surface area contributed by atoms with Gasteiger partial charge in [-0.05, 0) is 25.0 Å². The van der Waals surface area contributed by atoms with E-state index in [9.17, 15) is 4.79 Å². The second kappa shape index (κ2) is 6.10. The van der Waals surface area contributed by atoms with Crippen molar-refractivity contribution in [2.45, 2.75) is 18.9 Å². The molecule has 0 unspecified atom stereocenters. The molecule has 0 bridgehead atoms. The molecule has 1 N–H and O–H groups in total. The lowest BCUT2D eigenvalue weighted by Crippen LogP contribution is -2.46. The van der Waals surface area contributed by atoms with Crippen LogP contribution >= 0.6 is 11.6 Å². The van der Waals surface area contributed by atoms with E-state index in [4.69, 9.17) is 11.6 Å². The van der Waals surface area contributed by atoms with Gasteiger partial charge in [-0.3, -0.25) is 0 Å². The first-order valence-electron chi connectivity index (χ1n) is 6.41. The first-order chi connectivity index (χ1) is 9.08. The number of carbonyl (C=O) groups is 1. The zero-order valence-electron chi connectivity index (χ0n) is 11.3. The molecule has 0 aliphatic carbocycles. The van der Waals surface area contributed by atoms with Crippen molar-refractivity contribution in [1.82, 2.24) is 14.8 Å². The van der Waals surface area contributed by atoms with Gasteiger partial charge in [0.2, 0.25) is 0 Å². The van der Waals surface area contributed by atoms with Gasteiger partial charge in [0, 0.05) is 39.4 Å². The number of hydrogen-bond acceptors (Lipinski definition) is 3. The fourth-order valence-electron chi connectivity index (χ4n) is 2.21. The minimum atomic E-state index is 0.0814. The molecule has 0 atom stereocenters. The number of halogens is 1. The largest absolute Gasteiger partial charge is 0.380 e. The molecule has 1 fully saturated rings. The van der Waals surface area contributed by atoms with Gasteiger partial charge in [-0.2, -0.15) is 0 Å². The molecule has 0 radical (unpaired) electrons. The summed E-state index contributed by atoms with van der Waals surface area (Å²) < 4.78 is 0. The third-order valence-electron chi connectivity index (χ3n) is 3.27. The second-order valence-corrected chi connectivity index (χ2v) is 5.28. The molecule has 1 saturated heterocycles. The molecular formula is C13H19ClN4O. The van der Waals surface area contributed by atoms with E-state index in [1.807, 2.05) is 17.0 Å². The number of rotatable bonds is 2. The Labute approximate surface area is 118 Å². The lowest BCUT2D eigenvalue weighted by molar-refractivity contribution is 0.158. The predicted octanol–water partition coefficient (Wildman–Crippen LogP) is 2.29. The minimum Gasteiger partial charge on any atom is -0.380 e. The zero-order valence-corrected chi connectivity index (χ0v) is 12.0. The molecule has 1 aromatic heterocycles. The number of hydrogen-bond donors (Lipinski definition) is 1. The Bertz CT molecular complexity index is 444. The SMILES string of the molecule is CN(C)C(=O)N1CCC(Nc2cccnc2Cl)CC1. The second-order valence-electron chi connectivity index (χ2n) is 4.92. The molecule has 0 saturated carbocycles. The van der Waals surface area contributed by atoms with Gasteiger partial charge in [0.25, 0.3) is 0 Å². The molecule has 2 heterocycles. The monoisotopic (exact) mass is 282 g/mol. The molecule has 1 aliphatic heterocycles. The van der Waals surface area contributed by atoms with Crippen molar-refractivity contribution >= 4 is 23.3 Å². The highest BCUT2D eigenvalue weighted by Crippen LogP contribution is 2.22. The van der Waals surface area contributed by atoms with Gasteiger partial charge in [0.1, 0.15) is 0 Å². The number of likely N-dealkylation sites (tertiary alicyclic amines) is 1. The Morgan fingerprint density at radius 2 is 2.16 bits per heavy atom. The summed E-state index contributed by atoms with van der Waals surface area (Å²) >= 11 is 6.02. The van der Waals surface area contributed by atoms with Crippen LogP contribution in [0.4, 0.5) is 10.5 Å². The molecule has 5 nitrogen and oxygen atoms in total. The number of piperidine rings is 1. The number of amides is 2. The topological polar surface area (TPSA) is 48.5 Å². The average Bonchev–Trinajstić information content (AvgIpc) is 2.41. The number of urea groups is 1. The van der Waals surface area contributed by atoms with E-state index in [-0.39, 0.29) is 6.03 Å². The van der Waals surface area contributed by atoms with Crippen LogP contribution in [0.3, 0.4) is 0 Å². The van der Waals surface area contributed by atoms with Crippen LogP contribution in [0.2, 0.25) is 5.15 Å². The Balaban J connectivity index is 1.87. The van der Waals surface area contributed by atoms with E-state index in [1.54, 1.807) is 25.2 Å². The van der Waals surface area contributed by atoms with E-state index < -0.39 is 0 Å². The van der Waals surface area contributed by atoms with E-state index in [1.165, 1.54) is 0 Å². The number of nitrogens with one attached hydrogen (secondary N) is 1. The highest BCUT2D eigenvalue weighted by Gasteiger charge is 2.23. The highest BCUT2D eigenvalue weighted by atomic mass is 35.5. The molecule has 0 spiro atoms. The number of nitrogens with zero attached hydrogens (tertiary/aromatic N) is 3. The Morgan fingerprint density at radius 3 is 2.74 bits per heavy atom. The summed E-state index contributed by atoms with van der Waals surface area (Å²) in [5.74, 6) is 0. The van der Waals surface area contributed by atoms with Gasteiger partial charge in [-0.15, -0.1) is 0 Å². The normalized spacial score (nSPS) is 16.3. The summed E-state index contributed by atoms with van der Waals surface area (Å²) in [5.41, 5.74) is 0.863. The molecule has 1 aromatic rings. The number of anilines is 1. The van der Waals surface area contributed by atoms with E-state index >= 15 is 0 Å². The average molecular weight is 283 g/mol. The van der Waals surface area contributed by atoms with Gasteiger partial charge in [-0.25, -0.2) is 9.78 Å². The van der Waals surface area contributed by atoms with Crippen molar-refractivity contribution in [3.05, 3.63) is 23.5 Å². The highest BCUT2D eigenvalue weighted by molar-refractivity contribution is 6.31. The van der Waals surface area contributed by atoms with Crippen LogP contribution in [0.15, 0.2) is 18.3 Å². The molecule has 2 rings (SSSR count). The van der Waals surface area contributed by atoms with Gasteiger partial charge in [-0.1, -0.05) is 11.6 Å². The lowest BCUT2D eigenvalue weighted by Gasteiger charge is -2.34. The summed E-state index contributed by atoms with van der Waals surface area (Å²) in [6, 6.07) is 4.21. The molecule has 104 valence electrons. The summed E-state index contributed by atoms with van der Waals surface area (Å²) in [5, 5.41) is 3.89. The maximum atomic E-state index is 11.8. The van der Waals surface area contributed by atoms with Crippen molar-refractivity contribution < 1.29 is 4.79 Å². The van der Waals surface area contributed by atoms with E-state index in [2.05, 4.69) is 10.3 Å². The van der Waals surface area contributed by atoms with Crippen molar-refractivity contribution in [3.63, 3.8) is 0 Å². The number of carbonyl (C=O) groups excluding carboxylic acids is 1. The van der Waals surface area contributed by atoms with Crippen molar-refractivity contribution in [2.24, 2.45) is 0 Å². The van der Waals surface area contributed by atoms with Gasteiger partial charge < -0.3 is 15.1 Å². The molecule has 6 heteroatoms. The summed E-state index contributed by atoms with van der Waals surface area (Å²) in [6.45, 7) is 1.54. The van der Waals surface area contributed by atoms with E-state index in [0.29, 0.717) is 11.2 Å². The number of pyridine rings is 1. The van der Waals surface area contributed by atoms with Crippen molar-refractivity contribution in [1.29, 1.82) is 0 Å². The van der Waals surface area contributed by atoms with Gasteiger partial charge >= 0.3 is 6.03 Å². The van der Waals surface area contributed by atoms with Crippen LogP contribution in [0.25, 0.3) is 0 Å². The summed E-state index contributed by atoms with van der Waals surface area (Å²) in [4.78, 5) is 19.4. The molecule has 1 aliphatic rings. The Kier molecular flexibility index (Phi) is 4.47. The lowest BCUT2D eigenvalue weighted by atomic mass is 10.1. The van der Waals surface area contributed by atoms with Crippen LogP contribution in [-0.4, -0.2) is 54.0 Å². The Hall–Kier alpha value is -1.49. The zero-order chi connectivity index (χ0) is 13.8. The molecule has 2 amide bonds. The minimum absolute atomic E-state index is 0.0814. The standard InChI is InChI=1S/C13H19ClN4O/c1-17(2)13(19)18-8-5-10(6-9-18)16-11-4-3-7-15-12(11)14/h3-4,7,10,16H,5-6,8-9H2,1-2H3. The molecule has 19 heavy (non-hydrogen) atoms. The van der Waals surface area contributed by atoms with Crippen molar-refractivity contribution in [3.8, 4) is 0 Å². The number of aromatic nitrogens is 1. The fraction of sp³-hybridized carbons (Fsp3) is 0.538. The first kappa shape index (κ1) is 13.9. The third kappa shape index (κ3) is 3.50. The van der Waals surface area contributed by atoms with Gasteiger partial charge in [0.05, 0.1) is 5.69 Å². The fourth-order valence-corrected chi connectivity index (χ4v) is 2.39. The van der Waals surface area contributed by atoms with Crippen LogP contribution < -0.4 is 5.32 Å². The molecule has 0 aromatic carbocycles. The third-order valence-corrected chi connectivity index (χ3v) is 3.57. The van der Waals surface area contributed by atoms with E-state index in [0.717, 1.165) is 31.6 Å². The summed E-state index contributed by atoms with van der Waals surface area (Å²) in [6.07, 6.45) is 3.52. The smallest absolute Gasteiger partial charge is 0.319 e. The predicted molar refractivity (Wildman–Crippen MR) is 76.5 cm³/mol. The summed E-state index contributed by atoms with van der Waals surface area (Å²) in [7, 11) is 3.56. The van der Waals surface area contributed by atoms with Crippen molar-refractivity contribution in [2.75, 3.05) is 32.5 Å². The first-order valence-corrected chi connectivity index (χ1v) is 6.79.